The van der Waals surface area contributed by atoms with Crippen LogP contribution in [0.1, 0.15) is 24.8 Å². The predicted octanol–water partition coefficient (Wildman–Crippen LogP) is -6.83. The molecule has 24 heavy (non-hydrogen) atoms. The minimum Gasteiger partial charge on any atom is -0.778 e. The summed E-state index contributed by atoms with van der Waals surface area (Å²) in [6.07, 6.45) is -0.579. The van der Waals surface area contributed by atoms with Crippen LogP contribution in [0, 0.1) is 0 Å². The van der Waals surface area contributed by atoms with E-state index in [2.05, 4.69) is 0 Å². The van der Waals surface area contributed by atoms with Gasteiger partial charge in [0.15, 0.2) is 0 Å². The number of hydrogen-bond acceptors (Lipinski definition) is 5. The quantitative estimate of drug-likeness (QED) is 0.310. The number of rotatable bonds is 6. The average molecular weight is 413 g/mol. The molecule has 0 aliphatic rings. The molecule has 0 spiro atoms. The molecule has 0 aromatic heterocycles. The molecule has 4 unspecified atom stereocenters. The molecule has 116 valence electrons. The number of nitrogens with two attached hydrogens (primary N) is 1. The summed E-state index contributed by atoms with van der Waals surface area (Å²) in [5.74, 6) is -0.336. The fourth-order valence-electron chi connectivity index (χ4n) is 1.90. The normalized spacial score (nSPS) is 18.6. The van der Waals surface area contributed by atoms with Gasteiger partial charge in [-0.3, -0.25) is 0 Å². The molecular weight excluding hydrogens is 396 g/mol. The van der Waals surface area contributed by atoms with E-state index in [1.165, 1.54) is 0 Å². The molecular formula is C11H17NNa4O6P2. The standard InChI is InChI=1S/C11H19NO6P2.4Na/c1-8(9-5-3-2-4-6-9)10(12)7-11(19(13,14)15)20(16,17)18;;;;/h2-6,8,10-11H,7,12H2,1H3,(H2,13,14,15)(H2,16,17,18);;;;/q;;;2*+1/p-2. The Balaban J connectivity index is -0.000000500. The minimum absolute atomic E-state index is 0. The summed E-state index contributed by atoms with van der Waals surface area (Å²) in [4.78, 5) is 40.0. The van der Waals surface area contributed by atoms with Crippen molar-refractivity contribution in [1.82, 2.24) is 0 Å². The summed E-state index contributed by atoms with van der Waals surface area (Å²) in [6, 6.07) is 8.02. The summed E-state index contributed by atoms with van der Waals surface area (Å²) < 4.78 is 22.1. The van der Waals surface area contributed by atoms with Crippen molar-refractivity contribution in [2.45, 2.75) is 30.7 Å². The molecule has 4 N–H and O–H groups in total. The summed E-state index contributed by atoms with van der Waals surface area (Å²) in [6.45, 7) is 1.71. The van der Waals surface area contributed by atoms with Crippen molar-refractivity contribution in [2.24, 2.45) is 5.73 Å². The largest absolute Gasteiger partial charge is 1.00 e. The van der Waals surface area contributed by atoms with Crippen LogP contribution < -0.4 is 74.6 Å². The van der Waals surface area contributed by atoms with Gasteiger partial charge in [0, 0.05) is 65.2 Å². The van der Waals surface area contributed by atoms with Gasteiger partial charge in [-0.1, -0.05) is 37.3 Å². The maximum atomic E-state index is 11.1. The van der Waals surface area contributed by atoms with E-state index >= 15 is 0 Å². The smallest absolute Gasteiger partial charge is 0.778 e. The van der Waals surface area contributed by atoms with E-state index < -0.39 is 33.1 Å². The molecule has 0 saturated heterocycles. The van der Waals surface area contributed by atoms with Crippen molar-refractivity contribution in [3.63, 3.8) is 0 Å². The first-order valence-electron chi connectivity index (χ1n) is 5.91. The molecule has 4 atom stereocenters. The van der Waals surface area contributed by atoms with Crippen molar-refractivity contribution in [2.75, 3.05) is 0 Å². The fraction of sp³-hybridized carbons (Fsp3) is 0.455. The Labute approximate surface area is 230 Å². The fourth-order valence-corrected chi connectivity index (χ4v) is 4.40. The van der Waals surface area contributed by atoms with Gasteiger partial charge in [-0.05, 0) is 17.9 Å². The molecule has 7 nitrogen and oxygen atoms in total. The Hall–Kier alpha value is 3.48. The third-order valence-electron chi connectivity index (χ3n) is 3.20. The average Bonchev–Trinajstić information content (AvgIpc) is 2.33. The zero-order valence-corrected chi connectivity index (χ0v) is 24.6. The molecule has 0 heterocycles. The van der Waals surface area contributed by atoms with Gasteiger partial charge in [-0.15, -0.1) is 0 Å². The zero-order valence-electron chi connectivity index (χ0n) is 14.8. The maximum absolute atomic E-state index is 11.1. The molecule has 13 heteroatoms. The summed E-state index contributed by atoms with van der Waals surface area (Å²) in [5.41, 5.74) is 6.60. The summed E-state index contributed by atoms with van der Waals surface area (Å²) >= 11 is 0. The Bertz CT molecular complexity index is 519. The first kappa shape index (κ1) is 35.0. The minimum atomic E-state index is -5.24. The second kappa shape index (κ2) is 15.3. The number of benzene rings is 1. The van der Waals surface area contributed by atoms with Crippen LogP contribution in [0.3, 0.4) is 0 Å². The second-order valence-corrected chi connectivity index (χ2v) is 8.62. The second-order valence-electron chi connectivity index (χ2n) is 4.71. The van der Waals surface area contributed by atoms with E-state index in [1.807, 2.05) is 0 Å². The van der Waals surface area contributed by atoms with Crippen molar-refractivity contribution in [3.8, 4) is 0 Å². The third-order valence-corrected chi connectivity index (χ3v) is 6.88. The van der Waals surface area contributed by atoms with Crippen molar-refractivity contribution < 1.29 is 87.8 Å². The van der Waals surface area contributed by atoms with Crippen LogP contribution in [0.2, 0.25) is 0 Å². The summed E-state index contributed by atoms with van der Waals surface area (Å²) in [7, 11) is -10.5. The molecule has 1 rings (SSSR count). The topological polar surface area (TPSA) is 147 Å². The van der Waals surface area contributed by atoms with E-state index in [9.17, 15) is 18.9 Å². The number of hydrogen-bond donors (Lipinski definition) is 3. The third kappa shape index (κ3) is 12.1. The predicted molar refractivity (Wildman–Crippen MR) is 82.4 cm³/mol. The van der Waals surface area contributed by atoms with E-state index in [1.54, 1.807) is 37.3 Å². The van der Waals surface area contributed by atoms with E-state index in [-0.39, 0.29) is 124 Å². The van der Waals surface area contributed by atoms with Crippen LogP contribution in [0.5, 0.6) is 0 Å². The van der Waals surface area contributed by atoms with Crippen molar-refractivity contribution >= 4 is 74.3 Å². The molecule has 0 bridgehead atoms. The van der Waals surface area contributed by atoms with Gasteiger partial charge in [-0.2, -0.15) is 0 Å². The molecule has 0 amide bonds. The van der Waals surface area contributed by atoms with E-state index in [4.69, 9.17) is 15.5 Å². The van der Waals surface area contributed by atoms with Crippen LogP contribution in [0.25, 0.3) is 0 Å². The van der Waals surface area contributed by atoms with Crippen molar-refractivity contribution in [3.05, 3.63) is 35.9 Å². The van der Waals surface area contributed by atoms with Gasteiger partial charge in [0.05, 0.1) is 5.40 Å². The SMILES string of the molecule is CC(c1ccccc1)C(N)CC(P(=O)([O-])O)P(=O)([O-])O.[Na+].[Na+].[Na].[Na]. The van der Waals surface area contributed by atoms with E-state index in [0.29, 0.717) is 0 Å². The van der Waals surface area contributed by atoms with Gasteiger partial charge < -0.3 is 34.4 Å². The van der Waals surface area contributed by atoms with Gasteiger partial charge in [0.2, 0.25) is 0 Å². The molecule has 0 fully saturated rings. The van der Waals surface area contributed by atoms with Crippen LogP contribution >= 0.6 is 15.2 Å². The van der Waals surface area contributed by atoms with Crippen LogP contribution in [-0.2, 0) is 9.13 Å². The first-order valence-corrected chi connectivity index (χ1v) is 9.20. The monoisotopic (exact) mass is 413 g/mol. The summed E-state index contributed by atoms with van der Waals surface area (Å²) in [5, 5.41) is -2.28. The Morgan fingerprint density at radius 3 is 1.75 bits per heavy atom. The van der Waals surface area contributed by atoms with Crippen LogP contribution in [0.4, 0.5) is 0 Å². The van der Waals surface area contributed by atoms with Crippen LogP contribution in [0.15, 0.2) is 30.3 Å². The van der Waals surface area contributed by atoms with E-state index in [0.717, 1.165) is 5.56 Å². The molecule has 0 aliphatic heterocycles. The van der Waals surface area contributed by atoms with Crippen molar-refractivity contribution in [1.29, 1.82) is 0 Å². The van der Waals surface area contributed by atoms with Gasteiger partial charge in [0.1, 0.15) is 15.2 Å². The molecule has 1 aromatic rings. The van der Waals surface area contributed by atoms with Gasteiger partial charge >= 0.3 is 59.1 Å². The maximum Gasteiger partial charge on any atom is 1.00 e. The van der Waals surface area contributed by atoms with Gasteiger partial charge in [0.25, 0.3) is 0 Å². The molecule has 1 aromatic carbocycles. The molecule has 0 saturated carbocycles. The Morgan fingerprint density at radius 1 is 1.04 bits per heavy atom. The van der Waals surface area contributed by atoms with Gasteiger partial charge in [-0.25, -0.2) is 0 Å². The Kier molecular flexibility index (Phi) is 22.3. The van der Waals surface area contributed by atoms with Crippen LogP contribution in [-0.4, -0.2) is 80.3 Å². The Morgan fingerprint density at radius 2 is 1.42 bits per heavy atom. The zero-order chi connectivity index (χ0) is 15.6. The molecule has 0 aliphatic carbocycles. The molecule has 2 radical (unpaired) electrons. The first-order chi connectivity index (χ1) is 9.03.